The number of benzene rings is 2. The van der Waals surface area contributed by atoms with Crippen molar-refractivity contribution < 1.29 is 17.9 Å². The Hall–Kier alpha value is -1.88. The van der Waals surface area contributed by atoms with E-state index in [0.29, 0.717) is 5.69 Å². The molecule has 0 unspecified atom stereocenters. The third kappa shape index (κ3) is 4.56. The Kier molecular flexibility index (Phi) is 4.63. The average molecular weight is 316 g/mol. The van der Waals surface area contributed by atoms with Gasteiger partial charge >= 0.3 is 6.36 Å². The van der Waals surface area contributed by atoms with Crippen molar-refractivity contribution in [3.05, 3.63) is 53.1 Å². The molecule has 6 heteroatoms. The molecule has 0 atom stereocenters. The number of aryl methyl sites for hydroxylation is 1. The van der Waals surface area contributed by atoms with Crippen LogP contribution in [0.2, 0.25) is 5.02 Å². The van der Waals surface area contributed by atoms with Crippen LogP contribution in [0.1, 0.15) is 12.5 Å². The second-order valence-electron chi connectivity index (χ2n) is 4.37. The average Bonchev–Trinajstić information content (AvgIpc) is 2.40. The highest BCUT2D eigenvalue weighted by molar-refractivity contribution is 6.33. The summed E-state index contributed by atoms with van der Waals surface area (Å²) >= 11 is 5.97. The van der Waals surface area contributed by atoms with Crippen LogP contribution in [-0.2, 0) is 6.42 Å². The molecule has 2 aromatic carbocycles. The number of nitrogens with one attached hydrogen (secondary N) is 1. The number of rotatable bonds is 4. The summed E-state index contributed by atoms with van der Waals surface area (Å²) in [6, 6.07) is 11.5. The van der Waals surface area contributed by atoms with Gasteiger partial charge in [0.1, 0.15) is 5.75 Å². The van der Waals surface area contributed by atoms with Crippen LogP contribution in [0.15, 0.2) is 42.5 Å². The maximum absolute atomic E-state index is 12.1. The molecule has 2 rings (SSSR count). The monoisotopic (exact) mass is 315 g/mol. The third-order valence-electron chi connectivity index (χ3n) is 2.79. The molecule has 21 heavy (non-hydrogen) atoms. The van der Waals surface area contributed by atoms with E-state index in [1.54, 1.807) is 0 Å². The van der Waals surface area contributed by atoms with Crippen LogP contribution < -0.4 is 10.1 Å². The molecule has 2 nitrogen and oxygen atoms in total. The van der Waals surface area contributed by atoms with Gasteiger partial charge in [-0.25, -0.2) is 0 Å². The predicted molar refractivity (Wildman–Crippen MR) is 77.2 cm³/mol. The lowest BCUT2D eigenvalue weighted by atomic mass is 10.1. The Morgan fingerprint density at radius 2 is 1.90 bits per heavy atom. The first kappa shape index (κ1) is 15.5. The van der Waals surface area contributed by atoms with Crippen LogP contribution in [0, 0.1) is 0 Å². The van der Waals surface area contributed by atoms with Crippen molar-refractivity contribution in [2.75, 3.05) is 5.32 Å². The molecular weight excluding hydrogens is 303 g/mol. The van der Waals surface area contributed by atoms with E-state index in [1.165, 1.54) is 12.1 Å². The minimum atomic E-state index is -4.73. The standard InChI is InChI=1S/C15H13ClF3NO/c1-2-10-4-3-5-11(8-10)20-14-7-6-12(9-13(14)16)21-15(17,18)19/h3-9,20H,2H2,1H3. The summed E-state index contributed by atoms with van der Waals surface area (Å²) in [7, 11) is 0. The fourth-order valence-corrected chi connectivity index (χ4v) is 2.04. The zero-order chi connectivity index (χ0) is 15.5. The molecule has 0 saturated carbocycles. The predicted octanol–water partition coefficient (Wildman–Crippen LogP) is 5.54. The summed E-state index contributed by atoms with van der Waals surface area (Å²) in [6.07, 6.45) is -3.84. The van der Waals surface area contributed by atoms with Crippen LogP contribution in [0.25, 0.3) is 0 Å². The van der Waals surface area contributed by atoms with Crippen molar-refractivity contribution in [2.24, 2.45) is 0 Å². The Morgan fingerprint density at radius 3 is 2.52 bits per heavy atom. The van der Waals surface area contributed by atoms with Gasteiger partial charge in [-0.3, -0.25) is 0 Å². The number of anilines is 2. The van der Waals surface area contributed by atoms with Crippen LogP contribution in [-0.4, -0.2) is 6.36 Å². The lowest BCUT2D eigenvalue weighted by Gasteiger charge is -2.12. The van der Waals surface area contributed by atoms with Gasteiger partial charge in [-0.15, -0.1) is 13.2 Å². The van der Waals surface area contributed by atoms with Crippen molar-refractivity contribution in [2.45, 2.75) is 19.7 Å². The number of alkyl halides is 3. The smallest absolute Gasteiger partial charge is 0.406 e. The lowest BCUT2D eigenvalue weighted by molar-refractivity contribution is -0.274. The highest BCUT2D eigenvalue weighted by Gasteiger charge is 2.31. The van der Waals surface area contributed by atoms with E-state index in [9.17, 15) is 13.2 Å². The molecule has 0 aliphatic carbocycles. The maximum Gasteiger partial charge on any atom is 0.573 e. The number of hydrogen-bond acceptors (Lipinski definition) is 2. The van der Waals surface area contributed by atoms with E-state index in [1.807, 2.05) is 31.2 Å². The summed E-state index contributed by atoms with van der Waals surface area (Å²) < 4.78 is 40.2. The summed E-state index contributed by atoms with van der Waals surface area (Å²) in [4.78, 5) is 0. The fraction of sp³-hybridized carbons (Fsp3) is 0.200. The fourth-order valence-electron chi connectivity index (χ4n) is 1.82. The van der Waals surface area contributed by atoms with Gasteiger partial charge in [-0.05, 0) is 36.2 Å². The van der Waals surface area contributed by atoms with Gasteiger partial charge in [0.15, 0.2) is 0 Å². The van der Waals surface area contributed by atoms with Crippen molar-refractivity contribution in [1.82, 2.24) is 0 Å². The largest absolute Gasteiger partial charge is 0.573 e. The molecule has 0 saturated heterocycles. The van der Waals surface area contributed by atoms with E-state index in [4.69, 9.17) is 11.6 Å². The number of hydrogen-bond donors (Lipinski definition) is 1. The van der Waals surface area contributed by atoms with Gasteiger partial charge in [0.2, 0.25) is 0 Å². The van der Waals surface area contributed by atoms with Crippen molar-refractivity contribution >= 4 is 23.0 Å². The van der Waals surface area contributed by atoms with Gasteiger partial charge < -0.3 is 10.1 Å². The van der Waals surface area contributed by atoms with E-state index < -0.39 is 6.36 Å². The zero-order valence-corrected chi connectivity index (χ0v) is 11.9. The minimum absolute atomic E-state index is 0.152. The highest BCUT2D eigenvalue weighted by Crippen LogP contribution is 2.32. The molecule has 0 amide bonds. The second kappa shape index (κ2) is 6.26. The van der Waals surface area contributed by atoms with Gasteiger partial charge in [0, 0.05) is 11.8 Å². The third-order valence-corrected chi connectivity index (χ3v) is 3.10. The zero-order valence-electron chi connectivity index (χ0n) is 11.2. The second-order valence-corrected chi connectivity index (χ2v) is 4.78. The summed E-state index contributed by atoms with van der Waals surface area (Å²) in [5.41, 5.74) is 2.48. The summed E-state index contributed by atoms with van der Waals surface area (Å²) in [5, 5.41) is 3.22. The van der Waals surface area contributed by atoms with Crippen LogP contribution in [0.5, 0.6) is 5.75 Å². The SMILES string of the molecule is CCc1cccc(Nc2ccc(OC(F)(F)F)cc2Cl)c1. The van der Waals surface area contributed by atoms with E-state index in [2.05, 4.69) is 10.1 Å². The molecular formula is C15H13ClF3NO. The van der Waals surface area contributed by atoms with Gasteiger partial charge in [0.05, 0.1) is 10.7 Å². The molecule has 0 bridgehead atoms. The van der Waals surface area contributed by atoms with E-state index in [-0.39, 0.29) is 10.8 Å². The molecule has 1 N–H and O–H groups in total. The minimum Gasteiger partial charge on any atom is -0.406 e. The Labute approximate surface area is 125 Å². The maximum atomic E-state index is 12.1. The number of ether oxygens (including phenoxy) is 1. The van der Waals surface area contributed by atoms with Crippen molar-refractivity contribution in [3.63, 3.8) is 0 Å². The van der Waals surface area contributed by atoms with Crippen molar-refractivity contribution in [1.29, 1.82) is 0 Å². The van der Waals surface area contributed by atoms with Gasteiger partial charge in [0.25, 0.3) is 0 Å². The van der Waals surface area contributed by atoms with Crippen LogP contribution in [0.3, 0.4) is 0 Å². The molecule has 0 aliphatic heterocycles. The topological polar surface area (TPSA) is 21.3 Å². The first-order chi connectivity index (χ1) is 9.87. The van der Waals surface area contributed by atoms with Gasteiger partial charge in [-0.1, -0.05) is 30.7 Å². The number of halogens is 4. The first-order valence-corrected chi connectivity index (χ1v) is 6.66. The van der Waals surface area contributed by atoms with E-state index >= 15 is 0 Å². The quantitative estimate of drug-likeness (QED) is 0.799. The Balaban J connectivity index is 2.17. The van der Waals surface area contributed by atoms with Crippen LogP contribution >= 0.6 is 11.6 Å². The summed E-state index contributed by atoms with van der Waals surface area (Å²) in [5.74, 6) is -0.347. The van der Waals surface area contributed by atoms with E-state index in [0.717, 1.165) is 23.7 Å². The summed E-state index contributed by atoms with van der Waals surface area (Å²) in [6.45, 7) is 2.04. The molecule has 2 aromatic rings. The molecule has 112 valence electrons. The van der Waals surface area contributed by atoms with Crippen LogP contribution in [0.4, 0.5) is 24.5 Å². The Bertz CT molecular complexity index is 629. The molecule has 0 aromatic heterocycles. The van der Waals surface area contributed by atoms with Crippen molar-refractivity contribution in [3.8, 4) is 5.75 Å². The Morgan fingerprint density at radius 1 is 1.14 bits per heavy atom. The molecule has 0 fully saturated rings. The molecule has 0 spiro atoms. The highest BCUT2D eigenvalue weighted by atomic mass is 35.5. The molecule has 0 radical (unpaired) electrons. The molecule has 0 aliphatic rings. The van der Waals surface area contributed by atoms with Gasteiger partial charge in [-0.2, -0.15) is 0 Å². The lowest BCUT2D eigenvalue weighted by Crippen LogP contribution is -2.17. The first-order valence-electron chi connectivity index (χ1n) is 6.28. The molecule has 0 heterocycles. The normalized spacial score (nSPS) is 11.3.